The molecule has 1 aliphatic rings. The maximum absolute atomic E-state index is 13.5. The summed E-state index contributed by atoms with van der Waals surface area (Å²) in [7, 11) is 0. The molecule has 1 fully saturated rings. The second kappa shape index (κ2) is 6.46. The van der Waals surface area contributed by atoms with Gasteiger partial charge in [-0.1, -0.05) is 23.7 Å². The molecule has 1 aromatic heterocycles. The molecule has 1 atom stereocenters. The standard InChI is InChI=1S/C14H16ClF2N5O/c15-12-5-9(13-18-20-21-19-13)1-2-10(12)6-22-4-3-11(7-22)14(16,17)8-23/h1-2,5,11,23H,3-4,6-8H2,(H,18,19,20,21). The molecule has 124 valence electrons. The molecule has 6 nitrogen and oxygen atoms in total. The fourth-order valence-corrected chi connectivity index (χ4v) is 3.03. The second-order valence-corrected chi connectivity index (χ2v) is 6.09. The first kappa shape index (κ1) is 16.2. The summed E-state index contributed by atoms with van der Waals surface area (Å²) in [6.45, 7) is 0.189. The number of nitrogens with zero attached hydrogens (tertiary/aromatic N) is 4. The van der Waals surface area contributed by atoms with E-state index in [1.807, 2.05) is 17.0 Å². The summed E-state index contributed by atoms with van der Waals surface area (Å²) in [5, 5.41) is 23.0. The molecule has 23 heavy (non-hydrogen) atoms. The fourth-order valence-electron chi connectivity index (χ4n) is 2.79. The number of tetrazole rings is 1. The minimum absolute atomic E-state index is 0.247. The van der Waals surface area contributed by atoms with Crippen LogP contribution in [-0.2, 0) is 6.54 Å². The molecule has 0 radical (unpaired) electrons. The smallest absolute Gasteiger partial charge is 0.274 e. The number of aliphatic hydroxyl groups excluding tert-OH is 1. The first-order valence-electron chi connectivity index (χ1n) is 7.23. The van der Waals surface area contributed by atoms with Gasteiger partial charge in [0.15, 0.2) is 0 Å². The van der Waals surface area contributed by atoms with E-state index in [9.17, 15) is 8.78 Å². The number of hydrogen-bond donors (Lipinski definition) is 2. The molecule has 0 spiro atoms. The summed E-state index contributed by atoms with van der Waals surface area (Å²) >= 11 is 6.28. The van der Waals surface area contributed by atoms with Gasteiger partial charge in [-0.3, -0.25) is 4.90 Å². The van der Waals surface area contributed by atoms with Crippen molar-refractivity contribution in [1.82, 2.24) is 25.5 Å². The number of aromatic nitrogens is 4. The van der Waals surface area contributed by atoms with E-state index in [4.69, 9.17) is 16.7 Å². The van der Waals surface area contributed by atoms with Gasteiger partial charge in [-0.2, -0.15) is 5.21 Å². The highest BCUT2D eigenvalue weighted by molar-refractivity contribution is 6.31. The van der Waals surface area contributed by atoms with Crippen LogP contribution in [0.15, 0.2) is 18.2 Å². The van der Waals surface area contributed by atoms with Gasteiger partial charge in [0.2, 0.25) is 5.82 Å². The molecular weight excluding hydrogens is 328 g/mol. The summed E-state index contributed by atoms with van der Waals surface area (Å²) in [6, 6.07) is 5.39. The van der Waals surface area contributed by atoms with E-state index in [2.05, 4.69) is 20.6 Å². The third kappa shape index (κ3) is 3.49. The van der Waals surface area contributed by atoms with Crippen molar-refractivity contribution in [1.29, 1.82) is 0 Å². The Labute approximate surface area is 136 Å². The summed E-state index contributed by atoms with van der Waals surface area (Å²) in [5.74, 6) is -3.40. The van der Waals surface area contributed by atoms with E-state index in [-0.39, 0.29) is 6.54 Å². The van der Waals surface area contributed by atoms with Crippen LogP contribution in [0.4, 0.5) is 8.78 Å². The Kier molecular flexibility index (Phi) is 4.56. The highest BCUT2D eigenvalue weighted by Gasteiger charge is 2.42. The van der Waals surface area contributed by atoms with Gasteiger partial charge < -0.3 is 5.11 Å². The quantitative estimate of drug-likeness (QED) is 0.868. The van der Waals surface area contributed by atoms with Crippen LogP contribution < -0.4 is 0 Å². The molecule has 1 aliphatic heterocycles. The number of hydrogen-bond acceptors (Lipinski definition) is 5. The molecule has 0 aliphatic carbocycles. The van der Waals surface area contributed by atoms with E-state index < -0.39 is 18.4 Å². The number of H-pyrrole nitrogens is 1. The molecular formula is C14H16ClF2N5O. The predicted molar refractivity (Wildman–Crippen MR) is 80.0 cm³/mol. The van der Waals surface area contributed by atoms with Crippen LogP contribution in [0, 0.1) is 5.92 Å². The number of rotatable bonds is 5. The van der Waals surface area contributed by atoms with Crippen molar-refractivity contribution in [3.63, 3.8) is 0 Å². The third-order valence-electron chi connectivity index (χ3n) is 4.13. The SMILES string of the molecule is OCC(F)(F)C1CCN(Cc2ccc(-c3nn[nH]n3)cc2Cl)C1. The van der Waals surface area contributed by atoms with Gasteiger partial charge in [0.1, 0.15) is 6.61 Å². The monoisotopic (exact) mass is 343 g/mol. The van der Waals surface area contributed by atoms with Crippen LogP contribution in [0.5, 0.6) is 0 Å². The van der Waals surface area contributed by atoms with Crippen molar-refractivity contribution >= 4 is 11.6 Å². The molecule has 2 aromatic rings. The zero-order chi connectivity index (χ0) is 16.4. The minimum Gasteiger partial charge on any atom is -0.390 e. The van der Waals surface area contributed by atoms with Crippen LogP contribution in [0.2, 0.25) is 5.02 Å². The Morgan fingerprint density at radius 2 is 2.26 bits per heavy atom. The van der Waals surface area contributed by atoms with Crippen molar-refractivity contribution < 1.29 is 13.9 Å². The lowest BCUT2D eigenvalue weighted by molar-refractivity contribution is -0.0938. The van der Waals surface area contributed by atoms with Gasteiger partial charge in [-0.25, -0.2) is 8.78 Å². The van der Waals surface area contributed by atoms with E-state index in [0.717, 1.165) is 11.1 Å². The summed E-state index contributed by atoms with van der Waals surface area (Å²) in [6.07, 6.45) is 0.367. The van der Waals surface area contributed by atoms with E-state index in [1.54, 1.807) is 6.07 Å². The van der Waals surface area contributed by atoms with Gasteiger partial charge in [-0.05, 0) is 29.8 Å². The molecule has 0 bridgehead atoms. The number of likely N-dealkylation sites (tertiary alicyclic amines) is 1. The summed E-state index contributed by atoms with van der Waals surface area (Å²) in [4.78, 5) is 1.92. The Morgan fingerprint density at radius 1 is 1.43 bits per heavy atom. The number of alkyl halides is 2. The maximum Gasteiger partial charge on any atom is 0.274 e. The van der Waals surface area contributed by atoms with Crippen molar-refractivity contribution in [2.75, 3.05) is 19.7 Å². The Balaban J connectivity index is 1.67. The van der Waals surface area contributed by atoms with Gasteiger partial charge in [0, 0.05) is 29.6 Å². The molecule has 2 N–H and O–H groups in total. The van der Waals surface area contributed by atoms with E-state index in [0.29, 0.717) is 30.4 Å². The van der Waals surface area contributed by atoms with Gasteiger partial charge in [-0.15, -0.1) is 10.2 Å². The number of aliphatic hydroxyl groups is 1. The van der Waals surface area contributed by atoms with Crippen molar-refractivity contribution in [3.8, 4) is 11.4 Å². The molecule has 0 amide bonds. The Hall–Kier alpha value is -1.64. The van der Waals surface area contributed by atoms with Crippen molar-refractivity contribution in [3.05, 3.63) is 28.8 Å². The third-order valence-corrected chi connectivity index (χ3v) is 4.48. The van der Waals surface area contributed by atoms with E-state index in [1.165, 1.54) is 0 Å². The lowest BCUT2D eigenvalue weighted by Gasteiger charge is -2.22. The van der Waals surface area contributed by atoms with Crippen LogP contribution >= 0.6 is 11.6 Å². The molecule has 3 rings (SSSR count). The summed E-state index contributed by atoms with van der Waals surface area (Å²) in [5.41, 5.74) is 1.59. The van der Waals surface area contributed by atoms with Crippen LogP contribution in [0.25, 0.3) is 11.4 Å². The van der Waals surface area contributed by atoms with Gasteiger partial charge >= 0.3 is 0 Å². The van der Waals surface area contributed by atoms with Gasteiger partial charge in [0.05, 0.1) is 0 Å². The largest absolute Gasteiger partial charge is 0.390 e. The topological polar surface area (TPSA) is 77.9 Å². The normalized spacial score (nSPS) is 19.4. The first-order chi connectivity index (χ1) is 11.0. The minimum atomic E-state index is -3.03. The second-order valence-electron chi connectivity index (χ2n) is 5.68. The number of nitrogens with one attached hydrogen (secondary N) is 1. The first-order valence-corrected chi connectivity index (χ1v) is 7.60. The molecule has 1 unspecified atom stereocenters. The van der Waals surface area contributed by atoms with Crippen molar-refractivity contribution in [2.45, 2.75) is 18.9 Å². The highest BCUT2D eigenvalue weighted by atomic mass is 35.5. The van der Waals surface area contributed by atoms with Crippen LogP contribution in [0.1, 0.15) is 12.0 Å². The molecule has 1 aromatic carbocycles. The summed E-state index contributed by atoms with van der Waals surface area (Å²) < 4.78 is 27.1. The molecule has 0 saturated carbocycles. The van der Waals surface area contributed by atoms with Crippen LogP contribution in [0.3, 0.4) is 0 Å². The average Bonchev–Trinajstić information content (AvgIpc) is 3.21. The highest BCUT2D eigenvalue weighted by Crippen LogP contribution is 2.33. The lowest BCUT2D eigenvalue weighted by Crippen LogP contribution is -2.34. The predicted octanol–water partition coefficient (Wildman–Crippen LogP) is 1.97. The van der Waals surface area contributed by atoms with Gasteiger partial charge in [0.25, 0.3) is 5.92 Å². The van der Waals surface area contributed by atoms with E-state index >= 15 is 0 Å². The lowest BCUT2D eigenvalue weighted by atomic mass is 10.0. The Morgan fingerprint density at radius 3 is 2.91 bits per heavy atom. The maximum atomic E-state index is 13.5. The number of aromatic amines is 1. The molecule has 9 heteroatoms. The van der Waals surface area contributed by atoms with Crippen LogP contribution in [-0.4, -0.2) is 56.2 Å². The number of halogens is 3. The zero-order valence-corrected chi connectivity index (χ0v) is 13.0. The zero-order valence-electron chi connectivity index (χ0n) is 12.2. The molecule has 2 heterocycles. The Bertz CT molecular complexity index is 667. The van der Waals surface area contributed by atoms with Crippen molar-refractivity contribution in [2.24, 2.45) is 5.92 Å². The fraction of sp³-hybridized carbons (Fsp3) is 0.500. The molecule has 1 saturated heterocycles. The average molecular weight is 344 g/mol. The number of benzene rings is 1.